The highest BCUT2D eigenvalue weighted by molar-refractivity contribution is 6.03. The average Bonchev–Trinajstić information content (AvgIpc) is 2.96. The summed E-state index contributed by atoms with van der Waals surface area (Å²) < 4.78 is 5.15. The minimum atomic E-state index is -0.348. The number of hydrogen-bond acceptors (Lipinski definition) is 3. The van der Waals surface area contributed by atoms with E-state index in [1.807, 2.05) is 29.2 Å². The van der Waals surface area contributed by atoms with E-state index in [0.29, 0.717) is 12.8 Å². The van der Waals surface area contributed by atoms with Crippen molar-refractivity contribution in [2.45, 2.75) is 38.1 Å². The number of nitrogens with zero attached hydrogens (tertiary/aromatic N) is 2. The van der Waals surface area contributed by atoms with Crippen LogP contribution in [-0.2, 0) is 9.59 Å². The van der Waals surface area contributed by atoms with Crippen LogP contribution in [0.1, 0.15) is 32.1 Å². The fraction of sp³-hybridized carbons (Fsp3) is 0.529. The van der Waals surface area contributed by atoms with E-state index in [0.717, 1.165) is 37.4 Å². The topological polar surface area (TPSA) is 49.9 Å². The fourth-order valence-corrected chi connectivity index (χ4v) is 3.31. The number of carbonyl (C=O) groups excluding carboxylic acids is 2. The molecule has 118 valence electrons. The highest BCUT2D eigenvalue weighted by Gasteiger charge is 2.39. The van der Waals surface area contributed by atoms with Gasteiger partial charge in [0.1, 0.15) is 11.8 Å². The Hall–Kier alpha value is -2.04. The first-order valence-corrected chi connectivity index (χ1v) is 7.95. The van der Waals surface area contributed by atoms with Gasteiger partial charge in [-0.25, -0.2) is 0 Å². The summed E-state index contributed by atoms with van der Waals surface area (Å²) in [4.78, 5) is 28.6. The maximum atomic E-state index is 12.8. The molecule has 2 heterocycles. The number of amides is 2. The van der Waals surface area contributed by atoms with Crippen LogP contribution < -0.4 is 9.64 Å². The molecule has 0 aromatic heterocycles. The molecule has 22 heavy (non-hydrogen) atoms. The number of carbonyl (C=O) groups is 2. The number of ether oxygens (including phenoxy) is 1. The lowest BCUT2D eigenvalue weighted by Gasteiger charge is -2.32. The van der Waals surface area contributed by atoms with Crippen molar-refractivity contribution < 1.29 is 14.3 Å². The highest BCUT2D eigenvalue weighted by atomic mass is 16.5. The van der Waals surface area contributed by atoms with Gasteiger partial charge in [-0.2, -0.15) is 0 Å². The molecular formula is C17H22N2O3. The second-order valence-electron chi connectivity index (χ2n) is 5.90. The first-order valence-electron chi connectivity index (χ1n) is 7.95. The van der Waals surface area contributed by atoms with E-state index in [1.54, 1.807) is 12.0 Å². The Bertz CT molecular complexity index is 550. The molecule has 1 aromatic rings. The number of likely N-dealkylation sites (tertiary alicyclic amines) is 1. The van der Waals surface area contributed by atoms with Gasteiger partial charge in [0.2, 0.25) is 11.8 Å². The van der Waals surface area contributed by atoms with Crippen molar-refractivity contribution in [3.63, 3.8) is 0 Å². The van der Waals surface area contributed by atoms with Crippen molar-refractivity contribution in [3.8, 4) is 5.75 Å². The Morgan fingerprint density at radius 1 is 1.14 bits per heavy atom. The van der Waals surface area contributed by atoms with Gasteiger partial charge in [0.15, 0.2) is 0 Å². The van der Waals surface area contributed by atoms with Crippen molar-refractivity contribution in [1.29, 1.82) is 0 Å². The van der Waals surface area contributed by atoms with Crippen molar-refractivity contribution in [3.05, 3.63) is 24.3 Å². The molecule has 2 fully saturated rings. The fourth-order valence-electron chi connectivity index (χ4n) is 3.31. The molecule has 2 amide bonds. The van der Waals surface area contributed by atoms with Gasteiger partial charge >= 0.3 is 0 Å². The van der Waals surface area contributed by atoms with Crippen LogP contribution in [0.4, 0.5) is 5.69 Å². The lowest BCUT2D eigenvalue weighted by molar-refractivity contribution is -0.134. The lowest BCUT2D eigenvalue weighted by Crippen LogP contribution is -2.48. The first-order chi connectivity index (χ1) is 10.7. The summed E-state index contributed by atoms with van der Waals surface area (Å²) in [6, 6.07) is 6.99. The Morgan fingerprint density at radius 3 is 2.45 bits per heavy atom. The molecule has 1 unspecified atom stereocenters. The summed E-state index contributed by atoms with van der Waals surface area (Å²) in [5.74, 6) is 0.871. The molecular weight excluding hydrogens is 280 g/mol. The maximum Gasteiger partial charge on any atom is 0.245 e. The number of piperidine rings is 1. The van der Waals surface area contributed by atoms with Gasteiger partial charge in [-0.15, -0.1) is 0 Å². The number of benzene rings is 1. The molecule has 2 aliphatic rings. The smallest absolute Gasteiger partial charge is 0.245 e. The van der Waals surface area contributed by atoms with Crippen LogP contribution in [0, 0.1) is 0 Å². The molecule has 5 heteroatoms. The standard InChI is InChI=1S/C17H22N2O3/c1-22-14-7-5-13(6-8-14)19-15(9-10-16(19)20)17(21)18-11-3-2-4-12-18/h5-8,15H,2-4,9-12H2,1H3. The quantitative estimate of drug-likeness (QED) is 0.860. The van der Waals surface area contributed by atoms with Crippen LogP contribution in [0.3, 0.4) is 0 Å². The minimum Gasteiger partial charge on any atom is -0.497 e. The van der Waals surface area contributed by atoms with Gasteiger partial charge in [-0.1, -0.05) is 0 Å². The van der Waals surface area contributed by atoms with E-state index in [4.69, 9.17) is 4.74 Å². The predicted molar refractivity (Wildman–Crippen MR) is 83.9 cm³/mol. The van der Waals surface area contributed by atoms with Gasteiger partial charge in [0.25, 0.3) is 0 Å². The SMILES string of the molecule is COc1ccc(N2C(=O)CCC2C(=O)N2CCCCC2)cc1. The van der Waals surface area contributed by atoms with Crippen LogP contribution in [0.2, 0.25) is 0 Å². The highest BCUT2D eigenvalue weighted by Crippen LogP contribution is 2.29. The Kier molecular flexibility index (Phi) is 4.32. The summed E-state index contributed by atoms with van der Waals surface area (Å²) in [5.41, 5.74) is 0.777. The van der Waals surface area contributed by atoms with Crippen LogP contribution in [0.5, 0.6) is 5.75 Å². The molecule has 0 radical (unpaired) electrons. The number of rotatable bonds is 3. The van der Waals surface area contributed by atoms with E-state index < -0.39 is 0 Å². The van der Waals surface area contributed by atoms with Crippen molar-refractivity contribution in [2.75, 3.05) is 25.1 Å². The van der Waals surface area contributed by atoms with Gasteiger partial charge in [-0.3, -0.25) is 14.5 Å². The molecule has 0 spiro atoms. The zero-order valence-corrected chi connectivity index (χ0v) is 13.0. The van der Waals surface area contributed by atoms with E-state index in [2.05, 4.69) is 0 Å². The Labute approximate surface area is 130 Å². The van der Waals surface area contributed by atoms with Crippen molar-refractivity contribution in [1.82, 2.24) is 4.90 Å². The molecule has 0 saturated carbocycles. The zero-order chi connectivity index (χ0) is 15.5. The lowest BCUT2D eigenvalue weighted by atomic mass is 10.1. The third kappa shape index (κ3) is 2.80. The van der Waals surface area contributed by atoms with Gasteiger partial charge in [-0.05, 0) is 49.9 Å². The summed E-state index contributed by atoms with van der Waals surface area (Å²) in [6.45, 7) is 1.64. The summed E-state index contributed by atoms with van der Waals surface area (Å²) in [5, 5.41) is 0. The van der Waals surface area contributed by atoms with E-state index in [9.17, 15) is 9.59 Å². The third-order valence-electron chi connectivity index (χ3n) is 4.52. The Balaban J connectivity index is 1.80. The first kappa shape index (κ1) is 14.9. The molecule has 2 aliphatic heterocycles. The summed E-state index contributed by atoms with van der Waals surface area (Å²) in [6.07, 6.45) is 4.37. The molecule has 0 bridgehead atoms. The molecule has 2 saturated heterocycles. The minimum absolute atomic E-state index is 0.0283. The summed E-state index contributed by atoms with van der Waals surface area (Å²) in [7, 11) is 1.61. The van der Waals surface area contributed by atoms with Crippen LogP contribution in [0.15, 0.2) is 24.3 Å². The second-order valence-corrected chi connectivity index (χ2v) is 5.90. The van der Waals surface area contributed by atoms with Gasteiger partial charge < -0.3 is 9.64 Å². The normalized spacial score (nSPS) is 22.0. The zero-order valence-electron chi connectivity index (χ0n) is 13.0. The van der Waals surface area contributed by atoms with Gasteiger partial charge in [0, 0.05) is 25.2 Å². The Morgan fingerprint density at radius 2 is 1.82 bits per heavy atom. The number of methoxy groups -OCH3 is 1. The average molecular weight is 302 g/mol. The molecule has 0 aliphatic carbocycles. The molecule has 1 aromatic carbocycles. The van der Waals surface area contributed by atoms with Crippen molar-refractivity contribution in [2.24, 2.45) is 0 Å². The molecule has 5 nitrogen and oxygen atoms in total. The van der Waals surface area contributed by atoms with Gasteiger partial charge in [0.05, 0.1) is 7.11 Å². The number of anilines is 1. The predicted octanol–water partition coefficient (Wildman–Crippen LogP) is 2.20. The van der Waals surface area contributed by atoms with Crippen molar-refractivity contribution >= 4 is 17.5 Å². The molecule has 0 N–H and O–H groups in total. The monoisotopic (exact) mass is 302 g/mol. The number of hydrogen-bond donors (Lipinski definition) is 0. The van der Waals surface area contributed by atoms with Crippen LogP contribution in [-0.4, -0.2) is 43.0 Å². The molecule has 3 rings (SSSR count). The second kappa shape index (κ2) is 6.38. The van der Waals surface area contributed by atoms with E-state index in [-0.39, 0.29) is 17.9 Å². The third-order valence-corrected chi connectivity index (χ3v) is 4.52. The van der Waals surface area contributed by atoms with Crippen LogP contribution in [0.25, 0.3) is 0 Å². The van der Waals surface area contributed by atoms with E-state index in [1.165, 1.54) is 6.42 Å². The summed E-state index contributed by atoms with van der Waals surface area (Å²) >= 11 is 0. The maximum absolute atomic E-state index is 12.8. The largest absolute Gasteiger partial charge is 0.497 e. The molecule has 1 atom stereocenters. The van der Waals surface area contributed by atoms with E-state index >= 15 is 0 Å². The van der Waals surface area contributed by atoms with Crippen LogP contribution >= 0.6 is 0 Å².